The second-order valence-corrected chi connectivity index (χ2v) is 5.62. The molecule has 0 aliphatic heterocycles. The van der Waals surface area contributed by atoms with Crippen molar-refractivity contribution in [1.82, 2.24) is 0 Å². The van der Waals surface area contributed by atoms with Crippen LogP contribution in [-0.2, 0) is 0 Å². The van der Waals surface area contributed by atoms with E-state index in [2.05, 4.69) is 57.8 Å². The van der Waals surface area contributed by atoms with E-state index < -0.39 is 0 Å². The van der Waals surface area contributed by atoms with Gasteiger partial charge in [0, 0.05) is 15.0 Å². The minimum Gasteiger partial charge on any atom is -0.324 e. The second-order valence-electron chi connectivity index (χ2n) is 3.91. The molecule has 1 aromatic rings. The normalized spacial score (nSPS) is 13.3. The highest BCUT2D eigenvalue weighted by Gasteiger charge is 2.09. The average Bonchev–Trinajstić information content (AvgIpc) is 2.08. The lowest BCUT2D eigenvalue weighted by Gasteiger charge is -2.15. The van der Waals surface area contributed by atoms with Crippen LogP contribution in [0.15, 0.2) is 27.1 Å². The number of nitrogens with two attached hydrogens (primary N) is 1. The van der Waals surface area contributed by atoms with Gasteiger partial charge >= 0.3 is 0 Å². The van der Waals surface area contributed by atoms with E-state index in [1.165, 1.54) is 5.56 Å². The van der Waals surface area contributed by atoms with Crippen molar-refractivity contribution in [2.24, 2.45) is 11.7 Å². The maximum absolute atomic E-state index is 6.08. The Bertz CT molecular complexity index is 310. The van der Waals surface area contributed by atoms with Gasteiger partial charge in [-0.3, -0.25) is 0 Å². The Morgan fingerprint density at radius 1 is 1.21 bits per heavy atom. The summed E-state index contributed by atoms with van der Waals surface area (Å²) in [5, 5.41) is 0. The molecule has 0 saturated heterocycles. The zero-order chi connectivity index (χ0) is 10.7. The Morgan fingerprint density at radius 2 is 1.86 bits per heavy atom. The fourth-order valence-corrected chi connectivity index (χ4v) is 2.03. The molecule has 0 aliphatic rings. The smallest absolute Gasteiger partial charge is 0.0320 e. The van der Waals surface area contributed by atoms with Crippen LogP contribution in [0.2, 0.25) is 0 Å². The van der Waals surface area contributed by atoms with Crippen LogP contribution in [0.1, 0.15) is 31.9 Å². The molecule has 3 heteroatoms. The van der Waals surface area contributed by atoms with Gasteiger partial charge in [-0.1, -0.05) is 19.9 Å². The SMILES string of the molecule is CC(C)C[C@@H](N)c1ccc(Br)c(Br)c1. The van der Waals surface area contributed by atoms with Crippen molar-refractivity contribution < 1.29 is 0 Å². The predicted molar refractivity (Wildman–Crippen MR) is 68.2 cm³/mol. The number of hydrogen-bond acceptors (Lipinski definition) is 1. The summed E-state index contributed by atoms with van der Waals surface area (Å²) >= 11 is 6.92. The van der Waals surface area contributed by atoms with E-state index in [0.717, 1.165) is 15.4 Å². The van der Waals surface area contributed by atoms with Gasteiger partial charge in [-0.2, -0.15) is 0 Å². The molecule has 0 aliphatic carbocycles. The average molecular weight is 321 g/mol. The lowest BCUT2D eigenvalue weighted by Crippen LogP contribution is -2.12. The first-order valence-electron chi connectivity index (χ1n) is 4.71. The van der Waals surface area contributed by atoms with Gasteiger partial charge in [-0.05, 0) is 61.9 Å². The van der Waals surface area contributed by atoms with E-state index >= 15 is 0 Å². The highest BCUT2D eigenvalue weighted by molar-refractivity contribution is 9.13. The topological polar surface area (TPSA) is 26.0 Å². The zero-order valence-corrected chi connectivity index (χ0v) is 11.6. The van der Waals surface area contributed by atoms with Crippen LogP contribution in [0.4, 0.5) is 0 Å². The molecule has 0 radical (unpaired) electrons. The summed E-state index contributed by atoms with van der Waals surface area (Å²) in [6.45, 7) is 4.38. The Labute approximate surface area is 102 Å². The van der Waals surface area contributed by atoms with Crippen LogP contribution in [0.3, 0.4) is 0 Å². The van der Waals surface area contributed by atoms with Gasteiger partial charge in [0.05, 0.1) is 0 Å². The number of rotatable bonds is 3. The third-order valence-corrected chi connectivity index (χ3v) is 3.98. The summed E-state index contributed by atoms with van der Waals surface area (Å²) in [6, 6.07) is 6.32. The van der Waals surface area contributed by atoms with Crippen molar-refractivity contribution in [2.45, 2.75) is 26.3 Å². The fraction of sp³-hybridized carbons (Fsp3) is 0.455. The summed E-state index contributed by atoms with van der Waals surface area (Å²) < 4.78 is 2.13. The Morgan fingerprint density at radius 3 is 2.36 bits per heavy atom. The van der Waals surface area contributed by atoms with Crippen molar-refractivity contribution in [3.05, 3.63) is 32.7 Å². The highest BCUT2D eigenvalue weighted by Crippen LogP contribution is 2.27. The minimum atomic E-state index is 0.138. The molecule has 0 spiro atoms. The van der Waals surface area contributed by atoms with Gasteiger partial charge in [0.1, 0.15) is 0 Å². The lowest BCUT2D eigenvalue weighted by atomic mass is 9.98. The summed E-state index contributed by atoms with van der Waals surface area (Å²) in [5.74, 6) is 0.632. The van der Waals surface area contributed by atoms with Crippen molar-refractivity contribution in [1.29, 1.82) is 0 Å². The molecular formula is C11H15Br2N. The van der Waals surface area contributed by atoms with Crippen molar-refractivity contribution in [3.8, 4) is 0 Å². The molecule has 1 atom stereocenters. The summed E-state index contributed by atoms with van der Waals surface area (Å²) in [6.07, 6.45) is 1.02. The van der Waals surface area contributed by atoms with Crippen LogP contribution in [0.5, 0.6) is 0 Å². The molecule has 0 heterocycles. The van der Waals surface area contributed by atoms with E-state index in [9.17, 15) is 0 Å². The Kier molecular flexibility index (Phi) is 4.61. The Balaban J connectivity index is 2.80. The van der Waals surface area contributed by atoms with Crippen LogP contribution >= 0.6 is 31.9 Å². The molecule has 0 amide bonds. The molecule has 78 valence electrons. The van der Waals surface area contributed by atoms with E-state index in [1.54, 1.807) is 0 Å². The lowest BCUT2D eigenvalue weighted by molar-refractivity contribution is 0.510. The molecule has 1 nitrogen and oxygen atoms in total. The van der Waals surface area contributed by atoms with Crippen LogP contribution in [0, 0.1) is 5.92 Å². The largest absolute Gasteiger partial charge is 0.324 e. The number of benzene rings is 1. The second kappa shape index (κ2) is 5.29. The van der Waals surface area contributed by atoms with Crippen molar-refractivity contribution in [2.75, 3.05) is 0 Å². The molecular weight excluding hydrogens is 306 g/mol. The standard InChI is InChI=1S/C11H15Br2N/c1-7(2)5-11(14)8-3-4-9(12)10(13)6-8/h3-4,6-7,11H,5,14H2,1-2H3/t11-/m1/s1. The van der Waals surface area contributed by atoms with E-state index in [4.69, 9.17) is 5.73 Å². The molecule has 0 fully saturated rings. The van der Waals surface area contributed by atoms with Gasteiger partial charge in [-0.15, -0.1) is 0 Å². The maximum atomic E-state index is 6.08. The number of halogens is 2. The van der Waals surface area contributed by atoms with Gasteiger partial charge in [0.2, 0.25) is 0 Å². The van der Waals surface area contributed by atoms with Crippen molar-refractivity contribution >= 4 is 31.9 Å². The van der Waals surface area contributed by atoms with E-state index in [-0.39, 0.29) is 6.04 Å². The van der Waals surface area contributed by atoms with Gasteiger partial charge < -0.3 is 5.73 Å². The highest BCUT2D eigenvalue weighted by atomic mass is 79.9. The monoisotopic (exact) mass is 319 g/mol. The Hall–Kier alpha value is 0.140. The van der Waals surface area contributed by atoms with Gasteiger partial charge in [-0.25, -0.2) is 0 Å². The van der Waals surface area contributed by atoms with Crippen LogP contribution < -0.4 is 5.73 Å². The zero-order valence-electron chi connectivity index (χ0n) is 8.43. The molecule has 0 unspecified atom stereocenters. The molecule has 2 N–H and O–H groups in total. The first-order valence-corrected chi connectivity index (χ1v) is 6.30. The van der Waals surface area contributed by atoms with Gasteiger partial charge in [0.15, 0.2) is 0 Å². The van der Waals surface area contributed by atoms with E-state index in [1.807, 2.05) is 6.07 Å². The first-order chi connectivity index (χ1) is 6.50. The number of hydrogen-bond donors (Lipinski definition) is 1. The molecule has 0 bridgehead atoms. The summed E-state index contributed by atoms with van der Waals surface area (Å²) in [5.41, 5.74) is 7.27. The summed E-state index contributed by atoms with van der Waals surface area (Å²) in [4.78, 5) is 0. The third kappa shape index (κ3) is 3.37. The summed E-state index contributed by atoms with van der Waals surface area (Å²) in [7, 11) is 0. The van der Waals surface area contributed by atoms with Crippen LogP contribution in [-0.4, -0.2) is 0 Å². The molecule has 0 saturated carbocycles. The first kappa shape index (κ1) is 12.2. The minimum absolute atomic E-state index is 0.138. The van der Waals surface area contributed by atoms with Crippen molar-refractivity contribution in [3.63, 3.8) is 0 Å². The molecule has 0 aromatic heterocycles. The fourth-order valence-electron chi connectivity index (χ4n) is 1.39. The van der Waals surface area contributed by atoms with Gasteiger partial charge in [0.25, 0.3) is 0 Å². The molecule has 1 aromatic carbocycles. The quantitative estimate of drug-likeness (QED) is 0.884. The van der Waals surface area contributed by atoms with Crippen LogP contribution in [0.25, 0.3) is 0 Å². The maximum Gasteiger partial charge on any atom is 0.0320 e. The van der Waals surface area contributed by atoms with E-state index in [0.29, 0.717) is 5.92 Å². The third-order valence-electron chi connectivity index (χ3n) is 2.10. The molecule has 14 heavy (non-hydrogen) atoms. The predicted octanol–water partition coefficient (Wildman–Crippen LogP) is 4.26. The molecule has 1 rings (SSSR count).